The summed E-state index contributed by atoms with van der Waals surface area (Å²) in [6, 6.07) is 2.41. The number of halogens is 8. The van der Waals surface area contributed by atoms with Crippen molar-refractivity contribution in [2.75, 3.05) is 13.2 Å². The SMILES string of the molecule is CCOC(=O)C1=CCC(c2ccc(OCCCC(F)(F)F)cc2)(C(F)(F)F)NC1C1=CC(F)(F)C(C)=CC1=O. The van der Waals surface area contributed by atoms with Gasteiger partial charge < -0.3 is 9.47 Å². The van der Waals surface area contributed by atoms with Crippen molar-refractivity contribution in [1.29, 1.82) is 0 Å². The molecule has 2 atom stereocenters. The summed E-state index contributed by atoms with van der Waals surface area (Å²) < 4.78 is 120. The molecule has 13 heteroatoms. The molecular formula is C26H25F8NO4. The topological polar surface area (TPSA) is 64.6 Å². The molecule has 0 fully saturated rings. The molecule has 0 radical (unpaired) electrons. The fourth-order valence-electron chi connectivity index (χ4n) is 4.27. The Morgan fingerprint density at radius 3 is 2.31 bits per heavy atom. The fraction of sp³-hybridized carbons (Fsp3) is 0.462. The van der Waals surface area contributed by atoms with Gasteiger partial charge in [0.15, 0.2) is 5.78 Å². The van der Waals surface area contributed by atoms with Crippen molar-refractivity contribution in [3.05, 3.63) is 64.8 Å². The Kier molecular flexibility index (Phi) is 8.63. The second-order valence-corrected chi connectivity index (χ2v) is 9.07. The van der Waals surface area contributed by atoms with Gasteiger partial charge in [-0.3, -0.25) is 10.1 Å². The van der Waals surface area contributed by atoms with Crippen molar-refractivity contribution in [3.8, 4) is 5.75 Å². The largest absolute Gasteiger partial charge is 0.494 e. The lowest BCUT2D eigenvalue weighted by molar-refractivity contribution is -0.203. The van der Waals surface area contributed by atoms with Crippen LogP contribution in [0.5, 0.6) is 5.75 Å². The Bertz CT molecular complexity index is 1180. The first-order valence-electron chi connectivity index (χ1n) is 11.9. The molecule has 3 rings (SSSR count). The van der Waals surface area contributed by atoms with Crippen molar-refractivity contribution >= 4 is 11.8 Å². The highest BCUT2D eigenvalue weighted by Crippen LogP contribution is 2.47. The molecule has 1 aromatic carbocycles. The molecule has 0 bridgehead atoms. The first-order chi connectivity index (χ1) is 18.0. The number of rotatable bonds is 8. The Labute approximate surface area is 218 Å². The Balaban J connectivity index is 2.00. The first-order valence-corrected chi connectivity index (χ1v) is 11.9. The van der Waals surface area contributed by atoms with E-state index in [9.17, 15) is 44.7 Å². The second-order valence-electron chi connectivity index (χ2n) is 9.07. The molecule has 2 unspecified atom stereocenters. The van der Waals surface area contributed by atoms with Gasteiger partial charge in [0.1, 0.15) is 11.3 Å². The smallest absolute Gasteiger partial charge is 0.411 e. The molecule has 2 aliphatic rings. The summed E-state index contributed by atoms with van der Waals surface area (Å²) in [7, 11) is 0. The summed E-state index contributed by atoms with van der Waals surface area (Å²) in [4.78, 5) is 25.3. The molecule has 1 heterocycles. The lowest BCUT2D eigenvalue weighted by atomic mass is 9.77. The number of carbonyl (C=O) groups is 2. The van der Waals surface area contributed by atoms with Crippen molar-refractivity contribution in [2.45, 2.75) is 63.0 Å². The average molecular weight is 567 g/mol. The fourth-order valence-corrected chi connectivity index (χ4v) is 4.27. The van der Waals surface area contributed by atoms with E-state index < -0.39 is 76.7 Å². The minimum absolute atomic E-state index is 0.0128. The van der Waals surface area contributed by atoms with Crippen LogP contribution in [0.15, 0.2) is 59.2 Å². The molecule has 1 aliphatic heterocycles. The molecule has 1 N–H and O–H groups in total. The van der Waals surface area contributed by atoms with Crippen LogP contribution in [0.2, 0.25) is 0 Å². The van der Waals surface area contributed by atoms with Crippen LogP contribution in [0, 0.1) is 0 Å². The summed E-state index contributed by atoms with van der Waals surface area (Å²) in [6.07, 6.45) is -9.97. The van der Waals surface area contributed by atoms with Gasteiger partial charge in [-0.1, -0.05) is 18.2 Å². The summed E-state index contributed by atoms with van der Waals surface area (Å²) in [6.45, 7) is 1.96. The maximum Gasteiger partial charge on any atom is 0.411 e. The lowest BCUT2D eigenvalue weighted by Gasteiger charge is -2.43. The van der Waals surface area contributed by atoms with Gasteiger partial charge in [0.05, 0.1) is 24.8 Å². The normalized spacial score (nSPS) is 23.5. The number of ether oxygens (including phenoxy) is 2. The number of alkyl halides is 8. The van der Waals surface area contributed by atoms with E-state index in [4.69, 9.17) is 9.47 Å². The van der Waals surface area contributed by atoms with Crippen LogP contribution >= 0.6 is 0 Å². The third-order valence-electron chi connectivity index (χ3n) is 6.35. The summed E-state index contributed by atoms with van der Waals surface area (Å²) >= 11 is 0. The van der Waals surface area contributed by atoms with E-state index in [-0.39, 0.29) is 31.5 Å². The monoisotopic (exact) mass is 567 g/mol. The number of esters is 1. The highest BCUT2D eigenvalue weighted by atomic mass is 19.4. The third-order valence-corrected chi connectivity index (χ3v) is 6.35. The zero-order valence-corrected chi connectivity index (χ0v) is 20.8. The zero-order chi connectivity index (χ0) is 29.2. The lowest BCUT2D eigenvalue weighted by Crippen LogP contribution is -2.61. The van der Waals surface area contributed by atoms with Crippen molar-refractivity contribution in [2.24, 2.45) is 0 Å². The van der Waals surface area contributed by atoms with Gasteiger partial charge in [-0.2, -0.15) is 35.1 Å². The van der Waals surface area contributed by atoms with Crippen LogP contribution in [0.25, 0.3) is 0 Å². The van der Waals surface area contributed by atoms with E-state index >= 15 is 0 Å². The standard InChI is InChI=1S/C26H25F8NO4/c1-3-38-22(37)18-9-11-23(26(32,33)34,35-21(18)19-14-24(27,28)15(2)13-20(19)36)16-5-7-17(8-6-16)39-12-4-10-25(29,30)31/h5-9,13-14,21,35H,3-4,10-12H2,1-2H3. The van der Waals surface area contributed by atoms with E-state index in [1.807, 2.05) is 0 Å². The summed E-state index contributed by atoms with van der Waals surface area (Å²) in [5.74, 6) is -5.70. The van der Waals surface area contributed by atoms with E-state index in [0.717, 1.165) is 37.3 Å². The molecule has 0 spiro atoms. The number of carbonyl (C=O) groups excluding carboxylic acids is 2. The summed E-state index contributed by atoms with van der Waals surface area (Å²) in [5, 5.41) is 2.24. The predicted octanol–water partition coefficient (Wildman–Crippen LogP) is 6.11. The Morgan fingerprint density at radius 1 is 1.10 bits per heavy atom. The molecule has 5 nitrogen and oxygen atoms in total. The van der Waals surface area contributed by atoms with Gasteiger partial charge in [0, 0.05) is 17.6 Å². The first kappa shape index (κ1) is 30.3. The molecule has 0 saturated heterocycles. The van der Waals surface area contributed by atoms with Crippen molar-refractivity contribution in [3.63, 3.8) is 0 Å². The van der Waals surface area contributed by atoms with E-state index in [0.29, 0.717) is 6.08 Å². The molecular weight excluding hydrogens is 542 g/mol. The molecule has 39 heavy (non-hydrogen) atoms. The number of hydrogen-bond acceptors (Lipinski definition) is 5. The number of benzene rings is 1. The van der Waals surface area contributed by atoms with Crippen LogP contribution in [0.4, 0.5) is 35.1 Å². The average Bonchev–Trinajstić information content (AvgIpc) is 2.83. The van der Waals surface area contributed by atoms with E-state index in [1.54, 1.807) is 0 Å². The molecule has 0 amide bonds. The molecule has 214 valence electrons. The molecule has 0 saturated carbocycles. The Morgan fingerprint density at radius 2 is 1.74 bits per heavy atom. The number of ketones is 1. The molecule has 0 aromatic heterocycles. The minimum Gasteiger partial charge on any atom is -0.494 e. The van der Waals surface area contributed by atoms with Crippen LogP contribution in [0.1, 0.15) is 38.7 Å². The van der Waals surface area contributed by atoms with Crippen LogP contribution in [0.3, 0.4) is 0 Å². The second kappa shape index (κ2) is 11.1. The number of nitrogens with one attached hydrogen (secondary N) is 1. The van der Waals surface area contributed by atoms with Crippen molar-refractivity contribution in [1.82, 2.24) is 5.32 Å². The maximum absolute atomic E-state index is 14.7. The van der Waals surface area contributed by atoms with E-state index in [2.05, 4.69) is 5.32 Å². The van der Waals surface area contributed by atoms with Crippen LogP contribution in [-0.2, 0) is 19.9 Å². The highest BCUT2D eigenvalue weighted by Gasteiger charge is 2.59. The third kappa shape index (κ3) is 6.68. The van der Waals surface area contributed by atoms with Gasteiger partial charge in [-0.25, -0.2) is 4.79 Å². The van der Waals surface area contributed by atoms with Gasteiger partial charge in [0.25, 0.3) is 5.92 Å². The van der Waals surface area contributed by atoms with Gasteiger partial charge in [0.2, 0.25) is 0 Å². The van der Waals surface area contributed by atoms with Crippen LogP contribution < -0.4 is 10.1 Å². The maximum atomic E-state index is 14.7. The van der Waals surface area contributed by atoms with Crippen LogP contribution in [-0.4, -0.2) is 49.3 Å². The predicted molar refractivity (Wildman–Crippen MR) is 123 cm³/mol. The molecule has 1 aliphatic carbocycles. The van der Waals surface area contributed by atoms with Gasteiger partial charge in [-0.15, -0.1) is 0 Å². The highest BCUT2D eigenvalue weighted by molar-refractivity contribution is 6.09. The van der Waals surface area contributed by atoms with E-state index in [1.165, 1.54) is 6.92 Å². The summed E-state index contributed by atoms with van der Waals surface area (Å²) in [5.41, 5.74) is -5.10. The number of allylic oxidation sites excluding steroid dienone is 3. The zero-order valence-electron chi connectivity index (χ0n) is 20.8. The quantitative estimate of drug-likeness (QED) is 0.234. The minimum atomic E-state index is -5.05. The number of hydrogen-bond donors (Lipinski definition) is 1. The van der Waals surface area contributed by atoms with Gasteiger partial charge in [-0.05, 0) is 56.5 Å². The Hall–Kier alpha value is -3.22. The van der Waals surface area contributed by atoms with Gasteiger partial charge >= 0.3 is 18.3 Å². The van der Waals surface area contributed by atoms with Crippen molar-refractivity contribution < 1.29 is 54.2 Å². The molecule has 1 aromatic rings.